The Morgan fingerprint density at radius 3 is 2.09 bits per heavy atom. The average Bonchev–Trinajstić information content (AvgIpc) is 2.47. The van der Waals surface area contributed by atoms with E-state index in [0.29, 0.717) is 23.5 Å². The fourth-order valence-corrected chi connectivity index (χ4v) is 2.81. The molecule has 2 atom stereocenters. The van der Waals surface area contributed by atoms with Crippen LogP contribution in [0.2, 0.25) is 0 Å². The minimum Gasteiger partial charge on any atom is -0.501 e. The number of allylic oxidation sites excluding steroid dienone is 3. The van der Waals surface area contributed by atoms with Gasteiger partial charge in [-0.25, -0.2) is 0 Å². The quantitative estimate of drug-likeness (QED) is 0.246. The predicted molar refractivity (Wildman–Crippen MR) is 96.6 cm³/mol. The highest BCUT2D eigenvalue weighted by Crippen LogP contribution is 2.31. The Morgan fingerprint density at radius 2 is 1.68 bits per heavy atom. The van der Waals surface area contributed by atoms with Crippen LogP contribution in [0, 0.1) is 17.8 Å². The van der Waals surface area contributed by atoms with Crippen LogP contribution in [-0.2, 0) is 9.47 Å². The second-order valence-electron chi connectivity index (χ2n) is 6.53. The molecule has 0 bridgehead atoms. The van der Waals surface area contributed by atoms with Gasteiger partial charge in [0.25, 0.3) is 0 Å². The number of methoxy groups -OCH3 is 2. The fourth-order valence-electron chi connectivity index (χ4n) is 2.81. The second kappa shape index (κ2) is 11.4. The van der Waals surface area contributed by atoms with Gasteiger partial charge in [-0.05, 0) is 38.0 Å². The number of unbranched alkanes of at least 4 members (excludes halogenated alkanes) is 1. The number of ether oxygens (including phenoxy) is 2. The Balaban J connectivity index is 4.91. The monoisotopic (exact) mass is 308 g/mol. The van der Waals surface area contributed by atoms with Crippen LogP contribution in [0.4, 0.5) is 0 Å². The molecule has 2 unspecified atom stereocenters. The lowest BCUT2D eigenvalue weighted by Gasteiger charge is -2.26. The smallest absolute Gasteiger partial charge is 0.115 e. The molecular weight excluding hydrogens is 272 g/mol. The van der Waals surface area contributed by atoms with Crippen molar-refractivity contribution in [2.75, 3.05) is 14.2 Å². The number of rotatable bonds is 12. The molecule has 0 saturated carbocycles. The van der Waals surface area contributed by atoms with E-state index in [1.54, 1.807) is 14.2 Å². The molecule has 0 aliphatic carbocycles. The average molecular weight is 309 g/mol. The lowest BCUT2D eigenvalue weighted by atomic mass is 9.83. The van der Waals surface area contributed by atoms with Crippen molar-refractivity contribution >= 4 is 0 Å². The lowest BCUT2D eigenvalue weighted by molar-refractivity contribution is 0.197. The molecule has 22 heavy (non-hydrogen) atoms. The first kappa shape index (κ1) is 20.8. The van der Waals surface area contributed by atoms with E-state index in [1.165, 1.54) is 31.3 Å². The van der Waals surface area contributed by atoms with Crippen molar-refractivity contribution in [1.82, 2.24) is 0 Å². The topological polar surface area (TPSA) is 18.5 Å². The molecule has 0 spiro atoms. The molecule has 0 fully saturated rings. The highest BCUT2D eigenvalue weighted by Gasteiger charge is 2.21. The minimum absolute atomic E-state index is 0.389. The third kappa shape index (κ3) is 7.72. The van der Waals surface area contributed by atoms with Gasteiger partial charge in [0.15, 0.2) is 0 Å². The largest absolute Gasteiger partial charge is 0.501 e. The molecule has 0 radical (unpaired) electrons. The van der Waals surface area contributed by atoms with Crippen molar-refractivity contribution in [2.45, 2.75) is 59.8 Å². The summed E-state index contributed by atoms with van der Waals surface area (Å²) in [7, 11) is 3.37. The van der Waals surface area contributed by atoms with Gasteiger partial charge < -0.3 is 9.47 Å². The molecule has 0 aromatic heterocycles. The highest BCUT2D eigenvalue weighted by molar-refractivity contribution is 5.14. The summed E-state index contributed by atoms with van der Waals surface area (Å²) in [5, 5.41) is 0. The fraction of sp³-hybridized carbons (Fsp3) is 0.700. The van der Waals surface area contributed by atoms with Gasteiger partial charge in [0, 0.05) is 12.0 Å². The Hall–Kier alpha value is -1.18. The molecular formula is C20H36O2. The van der Waals surface area contributed by atoms with Gasteiger partial charge in [-0.2, -0.15) is 0 Å². The Kier molecular flexibility index (Phi) is 10.8. The SMILES string of the molecule is C=C(/C=C(\OC)C(CCC(CCCC)C(=C)C)C(C)C)OC. The number of hydrogen-bond donors (Lipinski definition) is 0. The maximum Gasteiger partial charge on any atom is 0.115 e. The summed E-state index contributed by atoms with van der Waals surface area (Å²) >= 11 is 0. The minimum atomic E-state index is 0.389. The van der Waals surface area contributed by atoms with E-state index in [0.717, 1.165) is 12.2 Å². The normalized spacial score (nSPS) is 14.6. The summed E-state index contributed by atoms with van der Waals surface area (Å²) in [5.41, 5.74) is 1.31. The second-order valence-corrected chi connectivity index (χ2v) is 6.53. The van der Waals surface area contributed by atoms with Crippen molar-refractivity contribution in [3.63, 3.8) is 0 Å². The van der Waals surface area contributed by atoms with Crippen molar-refractivity contribution in [3.05, 3.63) is 36.3 Å². The third-order valence-electron chi connectivity index (χ3n) is 4.40. The van der Waals surface area contributed by atoms with E-state index in [1.807, 2.05) is 6.08 Å². The van der Waals surface area contributed by atoms with Crippen LogP contribution in [0.15, 0.2) is 36.3 Å². The zero-order valence-electron chi connectivity index (χ0n) is 15.6. The van der Waals surface area contributed by atoms with Crippen LogP contribution in [0.1, 0.15) is 59.8 Å². The third-order valence-corrected chi connectivity index (χ3v) is 4.40. The zero-order valence-corrected chi connectivity index (χ0v) is 15.6. The van der Waals surface area contributed by atoms with E-state index < -0.39 is 0 Å². The Bertz CT molecular complexity index is 366. The number of hydrogen-bond acceptors (Lipinski definition) is 2. The molecule has 0 aliphatic heterocycles. The van der Waals surface area contributed by atoms with Crippen LogP contribution < -0.4 is 0 Å². The molecule has 128 valence electrons. The lowest BCUT2D eigenvalue weighted by Crippen LogP contribution is -2.16. The Morgan fingerprint density at radius 1 is 1.05 bits per heavy atom. The molecule has 0 aliphatic rings. The maximum atomic E-state index is 5.62. The van der Waals surface area contributed by atoms with Gasteiger partial charge in [-0.1, -0.05) is 52.3 Å². The first-order chi connectivity index (χ1) is 10.4. The summed E-state index contributed by atoms with van der Waals surface area (Å²) in [6.07, 6.45) is 7.96. The van der Waals surface area contributed by atoms with Crippen molar-refractivity contribution in [1.29, 1.82) is 0 Å². The van der Waals surface area contributed by atoms with Crippen molar-refractivity contribution in [3.8, 4) is 0 Å². The molecule has 2 nitrogen and oxygen atoms in total. The summed E-state index contributed by atoms with van der Waals surface area (Å²) in [5.74, 6) is 3.14. The van der Waals surface area contributed by atoms with E-state index in [-0.39, 0.29) is 0 Å². The molecule has 0 aromatic carbocycles. The molecule has 0 saturated heterocycles. The molecule has 0 aromatic rings. The summed E-state index contributed by atoms with van der Waals surface area (Å²) in [6.45, 7) is 16.9. The summed E-state index contributed by atoms with van der Waals surface area (Å²) < 4.78 is 10.8. The molecule has 0 N–H and O–H groups in total. The van der Waals surface area contributed by atoms with Gasteiger partial charge in [0.2, 0.25) is 0 Å². The van der Waals surface area contributed by atoms with E-state index >= 15 is 0 Å². The van der Waals surface area contributed by atoms with Gasteiger partial charge in [0.05, 0.1) is 14.2 Å². The first-order valence-corrected chi connectivity index (χ1v) is 8.51. The first-order valence-electron chi connectivity index (χ1n) is 8.51. The van der Waals surface area contributed by atoms with Gasteiger partial charge in [0.1, 0.15) is 11.5 Å². The van der Waals surface area contributed by atoms with Crippen LogP contribution >= 0.6 is 0 Å². The van der Waals surface area contributed by atoms with E-state index in [2.05, 4.69) is 40.9 Å². The van der Waals surface area contributed by atoms with E-state index in [4.69, 9.17) is 9.47 Å². The van der Waals surface area contributed by atoms with Gasteiger partial charge in [-0.3, -0.25) is 0 Å². The van der Waals surface area contributed by atoms with Gasteiger partial charge >= 0.3 is 0 Å². The molecule has 0 amide bonds. The zero-order chi connectivity index (χ0) is 17.1. The molecule has 2 heteroatoms. The van der Waals surface area contributed by atoms with Crippen LogP contribution in [0.5, 0.6) is 0 Å². The predicted octanol–water partition coefficient (Wildman–Crippen LogP) is 6.11. The highest BCUT2D eigenvalue weighted by atomic mass is 16.5. The van der Waals surface area contributed by atoms with Crippen LogP contribution in [0.3, 0.4) is 0 Å². The molecule has 0 rings (SSSR count). The van der Waals surface area contributed by atoms with Crippen molar-refractivity contribution < 1.29 is 9.47 Å². The summed E-state index contributed by atoms with van der Waals surface area (Å²) in [4.78, 5) is 0. The summed E-state index contributed by atoms with van der Waals surface area (Å²) in [6, 6.07) is 0. The Labute approximate surface area is 138 Å². The van der Waals surface area contributed by atoms with E-state index in [9.17, 15) is 0 Å². The van der Waals surface area contributed by atoms with Crippen LogP contribution in [0.25, 0.3) is 0 Å². The standard InChI is InChI=1S/C20H36O2/c1-9-10-11-18(15(2)3)12-13-19(16(4)5)20(22-8)14-17(6)21-7/h14,16,18-19H,2,6,9-13H2,1,3-5,7-8H3/b20-14-. The molecule has 0 heterocycles. The van der Waals surface area contributed by atoms with Crippen molar-refractivity contribution in [2.24, 2.45) is 17.8 Å². The maximum absolute atomic E-state index is 5.62. The van der Waals surface area contributed by atoms with Crippen LogP contribution in [-0.4, -0.2) is 14.2 Å². The van der Waals surface area contributed by atoms with Gasteiger partial charge in [-0.15, -0.1) is 0 Å².